The maximum absolute atomic E-state index is 11.4. The molecule has 0 unspecified atom stereocenters. The highest BCUT2D eigenvalue weighted by atomic mass is 16.5. The third-order valence-corrected chi connectivity index (χ3v) is 2.32. The van der Waals surface area contributed by atoms with Crippen molar-refractivity contribution >= 4 is 5.78 Å². The first-order chi connectivity index (χ1) is 6.31. The second-order valence-electron chi connectivity index (χ2n) is 3.16. The molecule has 3 nitrogen and oxygen atoms in total. The predicted molar refractivity (Wildman–Crippen MR) is 45.3 cm³/mol. The molecule has 66 valence electrons. The summed E-state index contributed by atoms with van der Waals surface area (Å²) in [6.45, 7) is 0. The Morgan fingerprint density at radius 3 is 3.08 bits per heavy atom. The minimum atomic E-state index is 0.175. The molecule has 1 aliphatic carbocycles. The van der Waals surface area contributed by atoms with Crippen molar-refractivity contribution in [3.8, 4) is 6.07 Å². The maximum atomic E-state index is 11.4. The summed E-state index contributed by atoms with van der Waals surface area (Å²) in [5.41, 5.74) is 0.769. The van der Waals surface area contributed by atoms with Gasteiger partial charge in [-0.3, -0.25) is 4.79 Å². The van der Waals surface area contributed by atoms with Crippen LogP contribution in [-0.2, 0) is 9.53 Å². The van der Waals surface area contributed by atoms with E-state index in [2.05, 4.69) is 0 Å². The van der Waals surface area contributed by atoms with Gasteiger partial charge in [0, 0.05) is 24.8 Å². The number of nitrogens with zero attached hydrogens (tertiary/aromatic N) is 1. The van der Waals surface area contributed by atoms with Gasteiger partial charge in [0.2, 0.25) is 0 Å². The van der Waals surface area contributed by atoms with Crippen molar-refractivity contribution in [1.82, 2.24) is 0 Å². The van der Waals surface area contributed by atoms with Gasteiger partial charge in [-0.1, -0.05) is 0 Å². The van der Waals surface area contributed by atoms with E-state index >= 15 is 0 Å². The summed E-state index contributed by atoms with van der Waals surface area (Å²) in [7, 11) is 0. The summed E-state index contributed by atoms with van der Waals surface area (Å²) >= 11 is 0. The standard InChI is InChI=1S/C10H9NO2/c11-6-7-4-5-8-9(12)2-1-3-10(8)13-7/h4H,1-3,5H2. The molecule has 1 heterocycles. The van der Waals surface area contributed by atoms with Crippen molar-refractivity contribution in [2.45, 2.75) is 25.7 Å². The monoisotopic (exact) mass is 175 g/mol. The number of hydrogen-bond donors (Lipinski definition) is 0. The highest BCUT2D eigenvalue weighted by molar-refractivity contribution is 5.97. The molecule has 0 aromatic heterocycles. The third kappa shape index (κ3) is 1.35. The summed E-state index contributed by atoms with van der Waals surface area (Å²) in [5.74, 6) is 1.22. The Balaban J connectivity index is 2.26. The first-order valence-corrected chi connectivity index (χ1v) is 4.34. The molecule has 0 N–H and O–H groups in total. The Hall–Kier alpha value is -1.56. The number of rotatable bonds is 0. The normalized spacial score (nSPS) is 21.5. The maximum Gasteiger partial charge on any atom is 0.199 e. The molecule has 1 aliphatic heterocycles. The molecule has 2 aliphatic rings. The molecule has 0 saturated carbocycles. The number of hydrogen-bond acceptors (Lipinski definition) is 3. The molecule has 0 saturated heterocycles. The Kier molecular flexibility index (Phi) is 1.90. The fraction of sp³-hybridized carbons (Fsp3) is 0.400. The smallest absolute Gasteiger partial charge is 0.199 e. The van der Waals surface area contributed by atoms with Crippen molar-refractivity contribution in [2.75, 3.05) is 0 Å². The van der Waals surface area contributed by atoms with E-state index in [0.717, 1.165) is 24.2 Å². The van der Waals surface area contributed by atoms with Crippen molar-refractivity contribution in [3.63, 3.8) is 0 Å². The van der Waals surface area contributed by atoms with Gasteiger partial charge in [-0.05, 0) is 12.5 Å². The fourth-order valence-electron chi connectivity index (χ4n) is 1.64. The Labute approximate surface area is 76.3 Å². The third-order valence-electron chi connectivity index (χ3n) is 2.32. The Morgan fingerprint density at radius 1 is 1.46 bits per heavy atom. The first kappa shape index (κ1) is 8.06. The zero-order valence-corrected chi connectivity index (χ0v) is 7.17. The van der Waals surface area contributed by atoms with Gasteiger partial charge in [0.1, 0.15) is 11.8 Å². The van der Waals surface area contributed by atoms with Crippen LogP contribution in [0.4, 0.5) is 0 Å². The second kappa shape index (κ2) is 3.06. The lowest BCUT2D eigenvalue weighted by Crippen LogP contribution is -2.15. The number of ketones is 1. The Bertz CT molecular complexity index is 358. The molecule has 0 amide bonds. The molecule has 0 radical (unpaired) electrons. The van der Waals surface area contributed by atoms with E-state index < -0.39 is 0 Å². The van der Waals surface area contributed by atoms with Gasteiger partial charge in [0.15, 0.2) is 11.5 Å². The molecule has 0 fully saturated rings. The average molecular weight is 175 g/mol. The minimum absolute atomic E-state index is 0.175. The van der Waals surface area contributed by atoms with E-state index in [0.29, 0.717) is 18.6 Å². The molecule has 0 spiro atoms. The van der Waals surface area contributed by atoms with Crippen LogP contribution >= 0.6 is 0 Å². The summed E-state index contributed by atoms with van der Waals surface area (Å²) in [5, 5.41) is 8.60. The summed E-state index contributed by atoms with van der Waals surface area (Å²) < 4.78 is 5.27. The molecular weight excluding hydrogens is 166 g/mol. The highest BCUT2D eigenvalue weighted by Gasteiger charge is 2.24. The molecule has 0 aromatic carbocycles. The van der Waals surface area contributed by atoms with Crippen molar-refractivity contribution in [1.29, 1.82) is 5.26 Å². The Morgan fingerprint density at radius 2 is 2.31 bits per heavy atom. The van der Waals surface area contributed by atoms with Gasteiger partial charge >= 0.3 is 0 Å². The molecule has 13 heavy (non-hydrogen) atoms. The summed E-state index contributed by atoms with van der Waals surface area (Å²) in [6, 6.07) is 1.95. The lowest BCUT2D eigenvalue weighted by Gasteiger charge is -2.21. The molecular formula is C10H9NO2. The van der Waals surface area contributed by atoms with Crippen LogP contribution in [0.1, 0.15) is 25.7 Å². The zero-order valence-electron chi connectivity index (χ0n) is 7.17. The van der Waals surface area contributed by atoms with Gasteiger partial charge in [-0.15, -0.1) is 0 Å². The highest BCUT2D eigenvalue weighted by Crippen LogP contribution is 2.30. The van der Waals surface area contributed by atoms with E-state index in [-0.39, 0.29) is 5.78 Å². The number of nitriles is 1. The number of Topliss-reactive ketones (excluding diaryl/α,β-unsaturated/α-hetero) is 1. The zero-order chi connectivity index (χ0) is 9.26. The summed E-state index contributed by atoms with van der Waals surface area (Å²) in [4.78, 5) is 11.4. The van der Waals surface area contributed by atoms with Gasteiger partial charge in [-0.25, -0.2) is 0 Å². The minimum Gasteiger partial charge on any atom is -0.451 e. The largest absolute Gasteiger partial charge is 0.451 e. The molecule has 2 rings (SSSR count). The quantitative estimate of drug-likeness (QED) is 0.564. The lowest BCUT2D eigenvalue weighted by molar-refractivity contribution is -0.116. The van der Waals surface area contributed by atoms with Crippen LogP contribution < -0.4 is 0 Å². The predicted octanol–water partition coefficient (Wildman–Crippen LogP) is 1.82. The van der Waals surface area contributed by atoms with Crippen molar-refractivity contribution in [3.05, 3.63) is 23.2 Å². The van der Waals surface area contributed by atoms with Gasteiger partial charge in [0.25, 0.3) is 0 Å². The number of ether oxygens (including phenoxy) is 1. The first-order valence-electron chi connectivity index (χ1n) is 4.34. The van der Waals surface area contributed by atoms with Crippen LogP contribution in [0.3, 0.4) is 0 Å². The molecule has 0 bridgehead atoms. The summed E-state index contributed by atoms with van der Waals surface area (Å²) in [6.07, 6.45) is 4.49. The number of carbonyl (C=O) groups excluding carboxylic acids is 1. The van der Waals surface area contributed by atoms with E-state index in [9.17, 15) is 4.79 Å². The van der Waals surface area contributed by atoms with Crippen LogP contribution in [0.25, 0.3) is 0 Å². The fourth-order valence-corrected chi connectivity index (χ4v) is 1.64. The van der Waals surface area contributed by atoms with Crippen LogP contribution in [0.2, 0.25) is 0 Å². The van der Waals surface area contributed by atoms with Crippen molar-refractivity contribution in [2.24, 2.45) is 0 Å². The molecule has 0 atom stereocenters. The molecule has 0 aromatic rings. The van der Waals surface area contributed by atoms with Crippen LogP contribution in [0.5, 0.6) is 0 Å². The van der Waals surface area contributed by atoms with Gasteiger partial charge in [0.05, 0.1) is 0 Å². The SMILES string of the molecule is N#CC1=CCC2=C(CCCC2=O)O1. The average Bonchev–Trinajstić information content (AvgIpc) is 2.18. The van der Waals surface area contributed by atoms with Crippen molar-refractivity contribution < 1.29 is 9.53 Å². The lowest BCUT2D eigenvalue weighted by atomic mass is 9.92. The van der Waals surface area contributed by atoms with Crippen LogP contribution in [0.15, 0.2) is 23.2 Å². The van der Waals surface area contributed by atoms with Gasteiger partial charge in [-0.2, -0.15) is 5.26 Å². The van der Waals surface area contributed by atoms with Gasteiger partial charge < -0.3 is 4.74 Å². The number of carbonyl (C=O) groups is 1. The van der Waals surface area contributed by atoms with E-state index in [1.54, 1.807) is 6.08 Å². The molecule has 3 heteroatoms. The number of allylic oxidation sites excluding steroid dienone is 4. The van der Waals surface area contributed by atoms with E-state index in [4.69, 9.17) is 10.00 Å². The van der Waals surface area contributed by atoms with E-state index in [1.165, 1.54) is 0 Å². The topological polar surface area (TPSA) is 50.1 Å². The van der Waals surface area contributed by atoms with Crippen LogP contribution in [-0.4, -0.2) is 5.78 Å². The van der Waals surface area contributed by atoms with Crippen LogP contribution in [0, 0.1) is 11.3 Å². The van der Waals surface area contributed by atoms with E-state index in [1.807, 2.05) is 6.07 Å². The second-order valence-corrected chi connectivity index (χ2v) is 3.16.